The van der Waals surface area contributed by atoms with Gasteiger partial charge in [0, 0.05) is 13.5 Å². The summed E-state index contributed by atoms with van der Waals surface area (Å²) in [4.78, 5) is 23.5. The molecular formula is C13H17NO4. The van der Waals surface area contributed by atoms with Gasteiger partial charge in [-0.25, -0.2) is 4.79 Å². The zero-order valence-electron chi connectivity index (χ0n) is 10.5. The summed E-state index contributed by atoms with van der Waals surface area (Å²) in [5.41, 5.74) is 0. The van der Waals surface area contributed by atoms with Crippen molar-refractivity contribution in [2.45, 2.75) is 25.6 Å². The highest BCUT2D eigenvalue weighted by molar-refractivity contribution is 5.78. The highest BCUT2D eigenvalue weighted by atomic mass is 16.7. The smallest absolute Gasteiger partial charge is 0.410 e. The van der Waals surface area contributed by atoms with Crippen LogP contribution in [0.25, 0.3) is 0 Å². The minimum atomic E-state index is -1.08. The molecule has 5 heteroatoms. The Morgan fingerprint density at radius 3 is 2.94 bits per heavy atom. The van der Waals surface area contributed by atoms with Gasteiger partial charge in [-0.1, -0.05) is 19.1 Å². The quantitative estimate of drug-likeness (QED) is 0.596. The van der Waals surface area contributed by atoms with Gasteiger partial charge in [-0.2, -0.15) is 0 Å². The number of ether oxygens (including phenoxy) is 2. The molecule has 2 bridgehead atoms. The molecule has 1 heterocycles. The lowest BCUT2D eigenvalue weighted by atomic mass is 9.79. The summed E-state index contributed by atoms with van der Waals surface area (Å²) in [7, 11) is 1.50. The Bertz CT molecular complexity index is 433. The molecule has 3 rings (SSSR count). The van der Waals surface area contributed by atoms with Crippen molar-refractivity contribution in [2.75, 3.05) is 7.05 Å². The van der Waals surface area contributed by atoms with E-state index in [1.165, 1.54) is 7.05 Å². The van der Waals surface area contributed by atoms with Crippen molar-refractivity contribution in [1.29, 1.82) is 0 Å². The fraction of sp³-hybridized carbons (Fsp3) is 0.692. The molecule has 1 saturated carbocycles. The third-order valence-electron chi connectivity index (χ3n) is 4.48. The first-order valence-electron chi connectivity index (χ1n) is 6.43. The third-order valence-corrected chi connectivity index (χ3v) is 4.48. The van der Waals surface area contributed by atoms with Crippen LogP contribution in [0.1, 0.15) is 19.8 Å². The van der Waals surface area contributed by atoms with Crippen molar-refractivity contribution in [3.05, 3.63) is 12.2 Å². The Morgan fingerprint density at radius 1 is 1.56 bits per heavy atom. The molecule has 1 saturated heterocycles. The number of rotatable bonds is 2. The van der Waals surface area contributed by atoms with Gasteiger partial charge in [-0.3, -0.25) is 4.79 Å². The van der Waals surface area contributed by atoms with Gasteiger partial charge in [0.05, 0.1) is 11.8 Å². The van der Waals surface area contributed by atoms with Gasteiger partial charge in [0.2, 0.25) is 0 Å². The van der Waals surface area contributed by atoms with Crippen LogP contribution in [0.3, 0.4) is 0 Å². The highest BCUT2D eigenvalue weighted by Gasteiger charge is 2.66. The molecule has 0 aromatic carbocycles. The highest BCUT2D eigenvalue weighted by Crippen LogP contribution is 2.58. The van der Waals surface area contributed by atoms with Crippen molar-refractivity contribution in [3.63, 3.8) is 0 Å². The first-order valence-corrected chi connectivity index (χ1v) is 6.43. The average molecular weight is 251 g/mol. The van der Waals surface area contributed by atoms with Crippen molar-refractivity contribution in [3.8, 4) is 0 Å². The zero-order chi connectivity index (χ0) is 12.9. The second kappa shape index (κ2) is 3.73. The molecule has 1 amide bonds. The molecule has 5 atom stereocenters. The van der Waals surface area contributed by atoms with Crippen LogP contribution in [0.5, 0.6) is 0 Å². The van der Waals surface area contributed by atoms with Crippen molar-refractivity contribution >= 4 is 12.1 Å². The van der Waals surface area contributed by atoms with Crippen molar-refractivity contribution < 1.29 is 19.1 Å². The van der Waals surface area contributed by atoms with Gasteiger partial charge in [0.1, 0.15) is 0 Å². The summed E-state index contributed by atoms with van der Waals surface area (Å²) < 4.78 is 10.9. The third kappa shape index (κ3) is 1.33. The molecule has 0 aromatic heterocycles. The second-order valence-corrected chi connectivity index (χ2v) is 5.23. The molecule has 98 valence electrons. The molecule has 1 aliphatic heterocycles. The van der Waals surface area contributed by atoms with Gasteiger partial charge >= 0.3 is 12.1 Å². The number of hydrogen-bond acceptors (Lipinski definition) is 4. The summed E-state index contributed by atoms with van der Waals surface area (Å²) in [6.45, 7) is 1.88. The molecule has 2 fully saturated rings. The lowest BCUT2D eigenvalue weighted by molar-refractivity contribution is -0.205. The number of cyclic esters (lactones) is 1. The Kier molecular flexibility index (Phi) is 2.40. The Hall–Kier alpha value is -1.52. The van der Waals surface area contributed by atoms with Crippen LogP contribution in [0.15, 0.2) is 12.2 Å². The van der Waals surface area contributed by atoms with Crippen LogP contribution in [0, 0.1) is 23.7 Å². The molecule has 5 unspecified atom stereocenters. The van der Waals surface area contributed by atoms with E-state index in [1.807, 2.05) is 6.92 Å². The molecule has 1 N–H and O–H groups in total. The SMILES string of the molecule is CCC1(OC(=O)NC)OC(=O)C2C3C=CC(C3)C21. The number of carbonyl (C=O) groups excluding carboxylic acids is 2. The van der Waals surface area contributed by atoms with Crippen LogP contribution in [-0.2, 0) is 14.3 Å². The zero-order valence-corrected chi connectivity index (χ0v) is 10.5. The van der Waals surface area contributed by atoms with E-state index in [-0.39, 0.29) is 29.6 Å². The fourth-order valence-electron chi connectivity index (χ4n) is 3.73. The number of carbonyl (C=O) groups is 2. The predicted molar refractivity (Wildman–Crippen MR) is 62.4 cm³/mol. The molecule has 0 radical (unpaired) electrons. The largest absolute Gasteiger partial charge is 0.422 e. The van der Waals surface area contributed by atoms with Crippen LogP contribution < -0.4 is 5.32 Å². The monoisotopic (exact) mass is 251 g/mol. The standard InChI is InChI=1S/C13H17NO4/c1-3-13(18-12(16)14-2)10-8-5-4-7(6-8)9(10)11(15)17-13/h4-5,7-10H,3,6H2,1-2H3,(H,14,16). The molecular weight excluding hydrogens is 234 g/mol. The lowest BCUT2D eigenvalue weighted by Crippen LogP contribution is -2.45. The summed E-state index contributed by atoms with van der Waals surface area (Å²) >= 11 is 0. The number of esters is 1. The van der Waals surface area contributed by atoms with Gasteiger partial charge < -0.3 is 14.8 Å². The number of alkyl carbamates (subject to hydrolysis) is 1. The number of fused-ring (bicyclic) bond motifs is 5. The molecule has 3 aliphatic rings. The van der Waals surface area contributed by atoms with Gasteiger partial charge in [0.15, 0.2) is 0 Å². The van der Waals surface area contributed by atoms with E-state index < -0.39 is 11.9 Å². The Morgan fingerprint density at radius 2 is 2.28 bits per heavy atom. The van der Waals surface area contributed by atoms with E-state index >= 15 is 0 Å². The minimum Gasteiger partial charge on any atom is -0.422 e. The maximum absolute atomic E-state index is 12.0. The molecule has 18 heavy (non-hydrogen) atoms. The average Bonchev–Trinajstić information content (AvgIpc) is 3.03. The van der Waals surface area contributed by atoms with Crippen LogP contribution in [0.4, 0.5) is 4.79 Å². The fourth-order valence-corrected chi connectivity index (χ4v) is 3.73. The molecule has 0 spiro atoms. The van der Waals surface area contributed by atoms with E-state index in [2.05, 4.69) is 17.5 Å². The van der Waals surface area contributed by atoms with E-state index in [0.717, 1.165) is 6.42 Å². The molecule has 0 aromatic rings. The maximum atomic E-state index is 12.0. The van der Waals surface area contributed by atoms with Crippen LogP contribution in [-0.4, -0.2) is 24.9 Å². The summed E-state index contributed by atoms with van der Waals surface area (Å²) in [6, 6.07) is 0. The maximum Gasteiger partial charge on any atom is 0.410 e. The summed E-state index contributed by atoms with van der Waals surface area (Å²) in [5.74, 6) is -0.911. The first kappa shape index (κ1) is 11.6. The lowest BCUT2D eigenvalue weighted by Gasteiger charge is -2.33. The second-order valence-electron chi connectivity index (χ2n) is 5.23. The van der Waals surface area contributed by atoms with E-state index in [4.69, 9.17) is 9.47 Å². The number of amides is 1. The Balaban J connectivity index is 1.94. The first-order chi connectivity index (χ1) is 8.61. The van der Waals surface area contributed by atoms with Crippen molar-refractivity contribution in [2.24, 2.45) is 23.7 Å². The number of nitrogens with one attached hydrogen (secondary N) is 1. The van der Waals surface area contributed by atoms with Crippen LogP contribution in [0.2, 0.25) is 0 Å². The normalized spacial score (nSPS) is 43.8. The molecule has 2 aliphatic carbocycles. The summed E-state index contributed by atoms with van der Waals surface area (Å²) in [6.07, 6.45) is 5.15. The molecule has 5 nitrogen and oxygen atoms in total. The van der Waals surface area contributed by atoms with Crippen molar-refractivity contribution in [1.82, 2.24) is 5.32 Å². The number of allylic oxidation sites excluding steroid dienone is 2. The Labute approximate surface area is 106 Å². The topological polar surface area (TPSA) is 64.6 Å². The number of hydrogen-bond donors (Lipinski definition) is 1. The van der Waals surface area contributed by atoms with E-state index in [1.54, 1.807) is 0 Å². The van der Waals surface area contributed by atoms with Gasteiger partial charge in [-0.15, -0.1) is 0 Å². The van der Waals surface area contributed by atoms with Crippen LogP contribution >= 0.6 is 0 Å². The van der Waals surface area contributed by atoms with E-state index in [0.29, 0.717) is 6.42 Å². The minimum absolute atomic E-state index is 0.0256. The predicted octanol–water partition coefficient (Wildman–Crippen LogP) is 1.44. The van der Waals surface area contributed by atoms with Gasteiger partial charge in [0.25, 0.3) is 5.79 Å². The van der Waals surface area contributed by atoms with E-state index in [9.17, 15) is 9.59 Å². The van der Waals surface area contributed by atoms with Gasteiger partial charge in [-0.05, 0) is 18.3 Å². The summed E-state index contributed by atoms with van der Waals surface area (Å²) in [5, 5.41) is 2.42.